The van der Waals surface area contributed by atoms with Gasteiger partial charge in [0.15, 0.2) is 5.82 Å². The van der Waals surface area contributed by atoms with Gasteiger partial charge in [-0.25, -0.2) is 0 Å². The van der Waals surface area contributed by atoms with E-state index >= 15 is 0 Å². The van der Waals surface area contributed by atoms with E-state index < -0.39 is 0 Å². The van der Waals surface area contributed by atoms with Crippen molar-refractivity contribution in [2.45, 2.75) is 39.0 Å². The van der Waals surface area contributed by atoms with E-state index in [4.69, 9.17) is 0 Å². The number of carbonyl (C=O) groups excluding carboxylic acids is 2. The first-order valence-electron chi connectivity index (χ1n) is 8.83. The van der Waals surface area contributed by atoms with Crippen LogP contribution in [0.3, 0.4) is 0 Å². The van der Waals surface area contributed by atoms with Gasteiger partial charge in [-0.2, -0.15) is 5.10 Å². The third kappa shape index (κ3) is 4.26. The zero-order valence-corrected chi connectivity index (χ0v) is 14.5. The molecule has 0 aliphatic carbocycles. The van der Waals surface area contributed by atoms with Gasteiger partial charge in [-0.3, -0.25) is 14.7 Å². The maximum absolute atomic E-state index is 12.2. The smallest absolute Gasteiger partial charge is 0.227 e. The normalized spacial score (nSPS) is 15.1. The zero-order valence-electron chi connectivity index (χ0n) is 14.5. The van der Waals surface area contributed by atoms with Crippen LogP contribution in [0.15, 0.2) is 30.3 Å². The van der Waals surface area contributed by atoms with Gasteiger partial charge >= 0.3 is 0 Å². The highest BCUT2D eigenvalue weighted by molar-refractivity contribution is 5.92. The molecule has 0 atom stereocenters. The average molecular weight is 340 g/mol. The molecule has 6 nitrogen and oxygen atoms in total. The molecule has 25 heavy (non-hydrogen) atoms. The molecule has 0 radical (unpaired) electrons. The van der Waals surface area contributed by atoms with Gasteiger partial charge in [0, 0.05) is 31.5 Å². The van der Waals surface area contributed by atoms with Crippen LogP contribution in [0, 0.1) is 6.92 Å². The molecule has 3 rings (SSSR count). The molecule has 0 bridgehead atoms. The summed E-state index contributed by atoms with van der Waals surface area (Å²) in [6, 6.07) is 9.88. The summed E-state index contributed by atoms with van der Waals surface area (Å²) in [6.07, 6.45) is 3.95. The van der Waals surface area contributed by atoms with Crippen LogP contribution in [0.2, 0.25) is 0 Å². The Morgan fingerprint density at radius 2 is 2.04 bits per heavy atom. The Balaban J connectivity index is 1.58. The molecule has 1 aromatic heterocycles. The van der Waals surface area contributed by atoms with Crippen molar-refractivity contribution in [1.82, 2.24) is 15.1 Å². The minimum atomic E-state index is -0.119. The number of aromatic nitrogens is 2. The van der Waals surface area contributed by atoms with Crippen LogP contribution in [0.5, 0.6) is 0 Å². The van der Waals surface area contributed by atoms with Gasteiger partial charge in [-0.1, -0.05) is 36.8 Å². The van der Waals surface area contributed by atoms with Gasteiger partial charge in [-0.05, 0) is 25.3 Å². The molecule has 6 heteroatoms. The summed E-state index contributed by atoms with van der Waals surface area (Å²) in [5.74, 6) is 0.588. The van der Waals surface area contributed by atoms with Crippen LogP contribution >= 0.6 is 0 Å². The topological polar surface area (TPSA) is 78.1 Å². The van der Waals surface area contributed by atoms with Crippen molar-refractivity contribution in [2.75, 3.05) is 18.4 Å². The Hall–Kier alpha value is -2.63. The summed E-state index contributed by atoms with van der Waals surface area (Å²) in [4.78, 5) is 26.0. The van der Waals surface area contributed by atoms with Crippen LogP contribution in [0.4, 0.5) is 5.82 Å². The van der Waals surface area contributed by atoms with E-state index in [1.165, 1.54) is 0 Å². The Morgan fingerprint density at radius 1 is 1.24 bits per heavy atom. The predicted molar refractivity (Wildman–Crippen MR) is 97.1 cm³/mol. The monoisotopic (exact) mass is 340 g/mol. The minimum absolute atomic E-state index is 0.119. The van der Waals surface area contributed by atoms with Gasteiger partial charge in [-0.15, -0.1) is 0 Å². The minimum Gasteiger partial charge on any atom is -0.342 e. The average Bonchev–Trinajstić information content (AvgIpc) is 2.85. The quantitative estimate of drug-likeness (QED) is 0.878. The molecular weight excluding hydrogens is 316 g/mol. The Labute approximate surface area is 147 Å². The number of benzene rings is 1. The molecule has 1 aromatic carbocycles. The maximum Gasteiger partial charge on any atom is 0.227 e. The third-order valence-electron chi connectivity index (χ3n) is 4.61. The van der Waals surface area contributed by atoms with E-state index in [9.17, 15) is 9.59 Å². The third-order valence-corrected chi connectivity index (χ3v) is 4.61. The summed E-state index contributed by atoms with van der Waals surface area (Å²) in [6.45, 7) is 3.16. The second-order valence-corrected chi connectivity index (χ2v) is 6.43. The number of nitrogens with one attached hydrogen (secondary N) is 2. The standard InChI is InChI=1S/C19H24N4O2/c1-14-18(15-8-4-2-5-9-15)21-22-19(14)20-16(24)11-13-23-12-7-3-6-10-17(23)25/h2,4-5,8-9H,3,6-7,10-13H2,1H3,(H2,20,21,22,24). The number of aromatic amines is 1. The van der Waals surface area contributed by atoms with Crippen molar-refractivity contribution in [3.05, 3.63) is 35.9 Å². The van der Waals surface area contributed by atoms with Crippen LogP contribution in [0.25, 0.3) is 11.3 Å². The maximum atomic E-state index is 12.2. The lowest BCUT2D eigenvalue weighted by molar-refractivity contribution is -0.131. The van der Waals surface area contributed by atoms with Crippen molar-refractivity contribution in [2.24, 2.45) is 0 Å². The lowest BCUT2D eigenvalue weighted by Crippen LogP contribution is -2.33. The van der Waals surface area contributed by atoms with Crippen LogP contribution < -0.4 is 5.32 Å². The molecule has 132 valence electrons. The number of anilines is 1. The zero-order chi connectivity index (χ0) is 17.6. The summed E-state index contributed by atoms with van der Waals surface area (Å²) in [5.41, 5.74) is 2.84. The number of hydrogen-bond donors (Lipinski definition) is 2. The van der Waals surface area contributed by atoms with Crippen molar-refractivity contribution < 1.29 is 9.59 Å². The number of carbonyl (C=O) groups is 2. The van der Waals surface area contributed by atoms with Gasteiger partial charge in [0.05, 0.1) is 5.69 Å². The number of H-pyrrole nitrogens is 1. The van der Waals surface area contributed by atoms with Gasteiger partial charge in [0.1, 0.15) is 0 Å². The van der Waals surface area contributed by atoms with E-state index in [1.807, 2.05) is 37.3 Å². The summed E-state index contributed by atoms with van der Waals surface area (Å²) in [7, 11) is 0. The lowest BCUT2D eigenvalue weighted by atomic mass is 10.1. The highest BCUT2D eigenvalue weighted by atomic mass is 16.2. The number of nitrogens with zero attached hydrogens (tertiary/aromatic N) is 2. The highest BCUT2D eigenvalue weighted by Gasteiger charge is 2.18. The number of amides is 2. The van der Waals surface area contributed by atoms with Crippen molar-refractivity contribution in [1.29, 1.82) is 0 Å². The van der Waals surface area contributed by atoms with E-state index in [2.05, 4.69) is 15.5 Å². The lowest BCUT2D eigenvalue weighted by Gasteiger charge is -2.19. The molecule has 1 aliphatic heterocycles. The molecule has 0 unspecified atom stereocenters. The largest absolute Gasteiger partial charge is 0.342 e. The van der Waals surface area contributed by atoms with Crippen LogP contribution in [-0.4, -0.2) is 40.0 Å². The SMILES string of the molecule is Cc1c(NC(=O)CCN2CCCCCC2=O)n[nH]c1-c1ccccc1. The number of likely N-dealkylation sites (tertiary alicyclic amines) is 1. The fraction of sp³-hybridized carbons (Fsp3) is 0.421. The van der Waals surface area contributed by atoms with Crippen molar-refractivity contribution >= 4 is 17.6 Å². The molecule has 1 aliphatic rings. The Morgan fingerprint density at radius 3 is 2.84 bits per heavy atom. The first-order valence-corrected chi connectivity index (χ1v) is 8.83. The molecule has 2 aromatic rings. The van der Waals surface area contributed by atoms with Gasteiger partial charge in [0.2, 0.25) is 11.8 Å². The first-order chi connectivity index (χ1) is 12.1. The molecule has 0 saturated carbocycles. The second-order valence-electron chi connectivity index (χ2n) is 6.43. The van der Waals surface area contributed by atoms with Crippen molar-refractivity contribution in [3.8, 4) is 11.3 Å². The highest BCUT2D eigenvalue weighted by Crippen LogP contribution is 2.25. The van der Waals surface area contributed by atoms with Crippen LogP contribution in [-0.2, 0) is 9.59 Å². The fourth-order valence-corrected chi connectivity index (χ4v) is 3.11. The molecule has 2 amide bonds. The molecule has 2 N–H and O–H groups in total. The van der Waals surface area contributed by atoms with E-state index in [0.29, 0.717) is 25.2 Å². The first kappa shape index (κ1) is 17.2. The van der Waals surface area contributed by atoms with E-state index in [0.717, 1.165) is 42.6 Å². The van der Waals surface area contributed by atoms with E-state index in [1.54, 1.807) is 4.90 Å². The molecule has 1 saturated heterocycles. The van der Waals surface area contributed by atoms with E-state index in [-0.39, 0.29) is 11.8 Å². The Bertz CT molecular complexity index is 739. The summed E-state index contributed by atoms with van der Waals surface area (Å²) in [5, 5.41) is 10.1. The van der Waals surface area contributed by atoms with Crippen molar-refractivity contribution in [3.63, 3.8) is 0 Å². The molecule has 1 fully saturated rings. The summed E-state index contributed by atoms with van der Waals surface area (Å²) < 4.78 is 0. The summed E-state index contributed by atoms with van der Waals surface area (Å²) >= 11 is 0. The second kappa shape index (κ2) is 7.96. The van der Waals surface area contributed by atoms with Gasteiger partial charge < -0.3 is 10.2 Å². The van der Waals surface area contributed by atoms with Crippen LogP contribution in [0.1, 0.15) is 37.7 Å². The molecular formula is C19H24N4O2. The molecule has 2 heterocycles. The predicted octanol–water partition coefficient (Wildman–Crippen LogP) is 3.12. The fourth-order valence-electron chi connectivity index (χ4n) is 3.11. The number of hydrogen-bond acceptors (Lipinski definition) is 3. The molecule has 0 spiro atoms. The Kier molecular flexibility index (Phi) is 5.48. The van der Waals surface area contributed by atoms with Gasteiger partial charge in [0.25, 0.3) is 0 Å². The number of rotatable bonds is 5.